The van der Waals surface area contributed by atoms with Crippen molar-refractivity contribution in [3.63, 3.8) is 0 Å². The molecule has 2 saturated carbocycles. The van der Waals surface area contributed by atoms with E-state index in [9.17, 15) is 4.79 Å². The van der Waals surface area contributed by atoms with E-state index in [2.05, 4.69) is 5.32 Å². The van der Waals surface area contributed by atoms with E-state index in [0.717, 1.165) is 30.7 Å². The molecule has 3 nitrogen and oxygen atoms in total. The molecule has 0 spiro atoms. The summed E-state index contributed by atoms with van der Waals surface area (Å²) in [5, 5.41) is 4.04. The van der Waals surface area contributed by atoms with Crippen LogP contribution in [0.4, 0.5) is 0 Å². The molecule has 2 fully saturated rings. The molecule has 0 saturated heterocycles. The van der Waals surface area contributed by atoms with Gasteiger partial charge in [-0.05, 0) is 55.7 Å². The summed E-state index contributed by atoms with van der Waals surface area (Å²) in [6.07, 6.45) is 7.55. The van der Waals surface area contributed by atoms with Gasteiger partial charge in [-0.15, -0.1) is 0 Å². The Bertz CT molecular complexity index is 512. The largest absolute Gasteiger partial charge is 0.349 e. The number of nitrogens with two attached hydrogens (primary N) is 1. The second-order valence-corrected chi connectivity index (χ2v) is 7.29. The lowest BCUT2D eigenvalue weighted by Gasteiger charge is -2.36. The Morgan fingerprint density at radius 3 is 2.41 bits per heavy atom. The Balaban J connectivity index is 1.69. The number of benzene rings is 1. The van der Waals surface area contributed by atoms with Gasteiger partial charge in [-0.1, -0.05) is 36.6 Å². The lowest BCUT2D eigenvalue weighted by Crippen LogP contribution is -2.42. The Morgan fingerprint density at radius 2 is 1.82 bits per heavy atom. The number of carbonyl (C=O) groups excluding carboxylic acids is 1. The molecule has 1 amide bonds. The van der Waals surface area contributed by atoms with Gasteiger partial charge in [-0.2, -0.15) is 0 Å². The van der Waals surface area contributed by atoms with E-state index >= 15 is 0 Å². The Hall–Kier alpha value is -1.06. The molecule has 2 aliphatic carbocycles. The molecule has 0 heterocycles. The highest BCUT2D eigenvalue weighted by Gasteiger charge is 2.32. The second-order valence-electron chi connectivity index (χ2n) is 6.85. The van der Waals surface area contributed by atoms with Crippen molar-refractivity contribution in [1.82, 2.24) is 5.32 Å². The van der Waals surface area contributed by atoms with Crippen LogP contribution in [0.1, 0.15) is 56.6 Å². The lowest BCUT2D eigenvalue weighted by molar-refractivity contribution is -0.127. The molecule has 120 valence electrons. The zero-order valence-corrected chi connectivity index (χ0v) is 13.7. The van der Waals surface area contributed by atoms with Crippen molar-refractivity contribution >= 4 is 17.5 Å². The van der Waals surface area contributed by atoms with Gasteiger partial charge in [0, 0.05) is 17.0 Å². The van der Waals surface area contributed by atoms with Gasteiger partial charge in [0.05, 0.1) is 6.04 Å². The molecule has 3 unspecified atom stereocenters. The number of rotatable bonds is 4. The first-order valence-electron chi connectivity index (χ1n) is 8.45. The molecule has 3 atom stereocenters. The Morgan fingerprint density at radius 1 is 1.14 bits per heavy atom. The second kappa shape index (κ2) is 7.01. The lowest BCUT2D eigenvalue weighted by atomic mass is 9.76. The summed E-state index contributed by atoms with van der Waals surface area (Å²) < 4.78 is 0. The summed E-state index contributed by atoms with van der Waals surface area (Å²) in [5.74, 6) is 0.822. The minimum absolute atomic E-state index is 0.0821. The molecule has 0 bridgehead atoms. The van der Waals surface area contributed by atoms with Crippen LogP contribution >= 0.6 is 11.6 Å². The van der Waals surface area contributed by atoms with E-state index in [4.69, 9.17) is 17.3 Å². The van der Waals surface area contributed by atoms with Crippen LogP contribution < -0.4 is 11.1 Å². The molecule has 4 heteroatoms. The molecule has 1 aromatic carbocycles. The van der Waals surface area contributed by atoms with Crippen molar-refractivity contribution in [1.29, 1.82) is 0 Å². The van der Waals surface area contributed by atoms with Crippen LogP contribution in [0.15, 0.2) is 24.3 Å². The quantitative estimate of drug-likeness (QED) is 0.886. The molecule has 0 radical (unpaired) electrons. The first-order valence-corrected chi connectivity index (χ1v) is 8.82. The maximum absolute atomic E-state index is 12.6. The summed E-state index contributed by atoms with van der Waals surface area (Å²) in [6, 6.07) is 8.20. The van der Waals surface area contributed by atoms with E-state index in [1.165, 1.54) is 24.8 Å². The van der Waals surface area contributed by atoms with Crippen molar-refractivity contribution in [3.8, 4) is 0 Å². The van der Waals surface area contributed by atoms with Gasteiger partial charge in [0.15, 0.2) is 0 Å². The zero-order valence-electron chi connectivity index (χ0n) is 12.9. The van der Waals surface area contributed by atoms with Crippen LogP contribution in [-0.2, 0) is 4.79 Å². The van der Waals surface area contributed by atoms with Gasteiger partial charge >= 0.3 is 0 Å². The minimum Gasteiger partial charge on any atom is -0.349 e. The number of nitrogens with one attached hydrogen (secondary N) is 1. The summed E-state index contributed by atoms with van der Waals surface area (Å²) >= 11 is 5.99. The molecule has 3 N–H and O–H groups in total. The van der Waals surface area contributed by atoms with Gasteiger partial charge < -0.3 is 11.1 Å². The predicted molar refractivity (Wildman–Crippen MR) is 89.6 cm³/mol. The summed E-state index contributed by atoms with van der Waals surface area (Å²) in [6.45, 7) is 0. The van der Waals surface area contributed by atoms with Crippen molar-refractivity contribution in [2.45, 2.75) is 57.0 Å². The number of halogens is 1. The highest BCUT2D eigenvalue weighted by molar-refractivity contribution is 6.30. The highest BCUT2D eigenvalue weighted by atomic mass is 35.5. The number of carbonyl (C=O) groups is 1. The molecule has 0 aliphatic heterocycles. The van der Waals surface area contributed by atoms with Crippen LogP contribution in [0.25, 0.3) is 0 Å². The van der Waals surface area contributed by atoms with E-state index in [-0.39, 0.29) is 23.9 Å². The van der Waals surface area contributed by atoms with Gasteiger partial charge in [0.1, 0.15) is 0 Å². The number of amides is 1. The third kappa shape index (κ3) is 3.64. The van der Waals surface area contributed by atoms with Gasteiger partial charge in [-0.25, -0.2) is 0 Å². The van der Waals surface area contributed by atoms with Crippen molar-refractivity contribution < 1.29 is 4.79 Å². The van der Waals surface area contributed by atoms with Crippen molar-refractivity contribution in [3.05, 3.63) is 34.9 Å². The smallest absolute Gasteiger partial charge is 0.223 e. The van der Waals surface area contributed by atoms with Crippen LogP contribution in [0.5, 0.6) is 0 Å². The monoisotopic (exact) mass is 320 g/mol. The first kappa shape index (κ1) is 15.8. The number of hydrogen-bond acceptors (Lipinski definition) is 2. The molecular formula is C18H25ClN2O. The standard InChI is InChI=1S/C18H25ClN2O/c19-15-9-7-13(8-10-15)17(12-3-1-4-12)21-18(22)14-5-2-6-16(20)11-14/h7-10,12,14,16-17H,1-6,11,20H2,(H,21,22). The van der Waals surface area contributed by atoms with Gasteiger partial charge in [0.25, 0.3) is 0 Å². The van der Waals surface area contributed by atoms with Crippen LogP contribution in [-0.4, -0.2) is 11.9 Å². The topological polar surface area (TPSA) is 55.1 Å². The van der Waals surface area contributed by atoms with Crippen LogP contribution in [0, 0.1) is 11.8 Å². The maximum Gasteiger partial charge on any atom is 0.223 e. The molecule has 1 aromatic rings. The average molecular weight is 321 g/mol. The third-order valence-corrected chi connectivity index (χ3v) is 5.49. The predicted octanol–water partition coefficient (Wildman–Crippen LogP) is 3.81. The maximum atomic E-state index is 12.6. The highest BCUT2D eigenvalue weighted by Crippen LogP contribution is 2.38. The molecule has 22 heavy (non-hydrogen) atoms. The van der Waals surface area contributed by atoms with Gasteiger partial charge in [0.2, 0.25) is 5.91 Å². The normalized spacial score (nSPS) is 27.0. The molecule has 2 aliphatic rings. The van der Waals surface area contributed by atoms with Crippen molar-refractivity contribution in [2.75, 3.05) is 0 Å². The summed E-state index contributed by atoms with van der Waals surface area (Å²) in [4.78, 5) is 12.6. The van der Waals surface area contributed by atoms with E-state index in [1.54, 1.807) is 0 Å². The fourth-order valence-corrected chi connectivity index (χ4v) is 3.78. The zero-order chi connectivity index (χ0) is 15.5. The summed E-state index contributed by atoms with van der Waals surface area (Å²) in [5.41, 5.74) is 7.19. The molecule has 0 aromatic heterocycles. The third-order valence-electron chi connectivity index (χ3n) is 5.23. The van der Waals surface area contributed by atoms with E-state index in [0.29, 0.717) is 5.92 Å². The average Bonchev–Trinajstić information content (AvgIpc) is 2.45. The van der Waals surface area contributed by atoms with Gasteiger partial charge in [-0.3, -0.25) is 4.79 Å². The van der Waals surface area contributed by atoms with Crippen LogP contribution in [0.2, 0.25) is 5.02 Å². The number of hydrogen-bond donors (Lipinski definition) is 2. The SMILES string of the molecule is NC1CCCC(C(=O)NC(c2ccc(Cl)cc2)C2CCC2)C1. The van der Waals surface area contributed by atoms with E-state index < -0.39 is 0 Å². The molecular weight excluding hydrogens is 296 g/mol. The molecule has 3 rings (SSSR count). The minimum atomic E-state index is 0.0821. The van der Waals surface area contributed by atoms with E-state index in [1.807, 2.05) is 24.3 Å². The Labute approximate surface area is 137 Å². The Kier molecular flexibility index (Phi) is 5.04. The van der Waals surface area contributed by atoms with Crippen LogP contribution in [0.3, 0.4) is 0 Å². The summed E-state index contributed by atoms with van der Waals surface area (Å²) in [7, 11) is 0. The fourth-order valence-electron chi connectivity index (χ4n) is 3.65. The van der Waals surface area contributed by atoms with Crippen molar-refractivity contribution in [2.24, 2.45) is 17.6 Å². The first-order chi connectivity index (χ1) is 10.6. The fraction of sp³-hybridized carbons (Fsp3) is 0.611.